The molecule has 23 heavy (non-hydrogen) atoms. The van der Waals surface area contributed by atoms with Crippen molar-refractivity contribution in [3.63, 3.8) is 0 Å². The van der Waals surface area contributed by atoms with Crippen LogP contribution in [0.15, 0.2) is 24.3 Å². The van der Waals surface area contributed by atoms with Gasteiger partial charge in [-0.3, -0.25) is 9.59 Å². The van der Waals surface area contributed by atoms with Crippen molar-refractivity contribution in [3.8, 4) is 0 Å². The molecule has 7 heteroatoms. The summed E-state index contributed by atoms with van der Waals surface area (Å²) >= 11 is 6.13. The van der Waals surface area contributed by atoms with Crippen LogP contribution in [0.2, 0.25) is 5.02 Å². The van der Waals surface area contributed by atoms with Crippen molar-refractivity contribution in [1.82, 2.24) is 10.6 Å². The van der Waals surface area contributed by atoms with Crippen LogP contribution in [0.4, 0.5) is 5.69 Å². The number of nitrogens with zero attached hydrogens (tertiary/aromatic N) is 1. The highest BCUT2D eigenvalue weighted by atomic mass is 35.5. The number of halogens is 2. The lowest BCUT2D eigenvalue weighted by Gasteiger charge is -2.18. The third-order valence-corrected chi connectivity index (χ3v) is 3.99. The Kier molecular flexibility index (Phi) is 8.37. The topological polar surface area (TPSA) is 61.4 Å². The van der Waals surface area contributed by atoms with Gasteiger partial charge in [0, 0.05) is 26.1 Å². The lowest BCUT2D eigenvalue weighted by Crippen LogP contribution is -2.37. The second-order valence-electron chi connectivity index (χ2n) is 5.40. The van der Waals surface area contributed by atoms with Gasteiger partial charge < -0.3 is 15.5 Å². The average Bonchev–Trinajstić information content (AvgIpc) is 2.89. The van der Waals surface area contributed by atoms with Gasteiger partial charge in [0.2, 0.25) is 11.8 Å². The third kappa shape index (κ3) is 5.37. The summed E-state index contributed by atoms with van der Waals surface area (Å²) in [7, 11) is 0. The van der Waals surface area contributed by atoms with Gasteiger partial charge in [-0.2, -0.15) is 0 Å². The van der Waals surface area contributed by atoms with Crippen molar-refractivity contribution >= 4 is 41.5 Å². The first kappa shape index (κ1) is 19.7. The Labute approximate surface area is 148 Å². The van der Waals surface area contributed by atoms with Gasteiger partial charge in [0.1, 0.15) is 0 Å². The number of amides is 2. The van der Waals surface area contributed by atoms with Crippen molar-refractivity contribution in [3.05, 3.63) is 29.3 Å². The van der Waals surface area contributed by atoms with Crippen LogP contribution >= 0.6 is 24.0 Å². The molecule has 0 spiro atoms. The van der Waals surface area contributed by atoms with Crippen LogP contribution in [-0.2, 0) is 9.59 Å². The number of nitrogens with one attached hydrogen (secondary N) is 2. The Morgan fingerprint density at radius 2 is 2.04 bits per heavy atom. The van der Waals surface area contributed by atoms with Gasteiger partial charge in [0.15, 0.2) is 0 Å². The van der Waals surface area contributed by atoms with Crippen molar-refractivity contribution in [2.75, 3.05) is 31.1 Å². The molecule has 5 nitrogen and oxygen atoms in total. The second-order valence-corrected chi connectivity index (χ2v) is 5.81. The number of para-hydroxylation sites is 1. The molecule has 1 aromatic rings. The molecule has 2 rings (SSSR count). The summed E-state index contributed by atoms with van der Waals surface area (Å²) in [6, 6.07) is 7.20. The summed E-state index contributed by atoms with van der Waals surface area (Å²) in [5.41, 5.74) is 0.675. The van der Waals surface area contributed by atoms with Crippen LogP contribution in [0.1, 0.15) is 19.8 Å². The number of anilines is 1. The molecule has 0 radical (unpaired) electrons. The van der Waals surface area contributed by atoms with Crippen LogP contribution in [0, 0.1) is 5.92 Å². The molecule has 1 aliphatic rings. The molecule has 1 aromatic carbocycles. The van der Waals surface area contributed by atoms with E-state index in [0.717, 1.165) is 19.5 Å². The zero-order valence-electron chi connectivity index (χ0n) is 13.2. The Hall–Kier alpha value is -1.30. The number of carbonyl (C=O) groups is 2. The molecule has 0 aromatic heterocycles. The van der Waals surface area contributed by atoms with Gasteiger partial charge in [0.05, 0.1) is 16.6 Å². The monoisotopic (exact) mass is 359 g/mol. The first-order valence-corrected chi connectivity index (χ1v) is 8.04. The minimum atomic E-state index is -0.310. The minimum absolute atomic E-state index is 0. The van der Waals surface area contributed by atoms with Crippen LogP contribution in [-0.4, -0.2) is 38.0 Å². The van der Waals surface area contributed by atoms with Crippen LogP contribution in [0.3, 0.4) is 0 Å². The van der Waals surface area contributed by atoms with Crippen molar-refractivity contribution in [2.45, 2.75) is 19.8 Å². The maximum Gasteiger partial charge on any atom is 0.227 e. The van der Waals surface area contributed by atoms with E-state index in [-0.39, 0.29) is 36.6 Å². The van der Waals surface area contributed by atoms with E-state index in [4.69, 9.17) is 11.6 Å². The summed E-state index contributed by atoms with van der Waals surface area (Å²) in [6.07, 6.45) is 1.30. The molecular weight excluding hydrogens is 337 g/mol. The summed E-state index contributed by atoms with van der Waals surface area (Å²) in [5.74, 6) is -0.437. The molecule has 1 atom stereocenters. The number of rotatable bonds is 7. The highest BCUT2D eigenvalue weighted by Gasteiger charge is 2.35. The molecule has 0 aliphatic carbocycles. The number of hydrogen-bond donors (Lipinski definition) is 2. The molecule has 0 saturated carbocycles. The van der Waals surface area contributed by atoms with Gasteiger partial charge in [-0.1, -0.05) is 30.7 Å². The minimum Gasteiger partial charge on any atom is -0.355 e. The first-order valence-electron chi connectivity index (χ1n) is 7.66. The van der Waals surface area contributed by atoms with Gasteiger partial charge >= 0.3 is 0 Å². The Bertz CT molecular complexity index is 540. The van der Waals surface area contributed by atoms with E-state index in [0.29, 0.717) is 23.8 Å². The fourth-order valence-corrected chi connectivity index (χ4v) is 2.74. The fourth-order valence-electron chi connectivity index (χ4n) is 2.51. The maximum absolute atomic E-state index is 12.1. The SMILES string of the molecule is CCCNCCNC(=O)C1CC(=O)N(c2ccccc2Cl)C1.Cl. The zero-order chi connectivity index (χ0) is 15.9. The van der Waals surface area contributed by atoms with Crippen molar-refractivity contribution in [1.29, 1.82) is 0 Å². The van der Waals surface area contributed by atoms with Crippen LogP contribution in [0.5, 0.6) is 0 Å². The van der Waals surface area contributed by atoms with E-state index in [1.165, 1.54) is 0 Å². The lowest BCUT2D eigenvalue weighted by molar-refractivity contribution is -0.126. The Morgan fingerprint density at radius 1 is 1.30 bits per heavy atom. The highest BCUT2D eigenvalue weighted by Crippen LogP contribution is 2.30. The molecule has 1 heterocycles. The molecule has 1 saturated heterocycles. The van der Waals surface area contributed by atoms with Crippen LogP contribution < -0.4 is 15.5 Å². The van der Waals surface area contributed by atoms with E-state index < -0.39 is 0 Å². The van der Waals surface area contributed by atoms with E-state index >= 15 is 0 Å². The second kappa shape index (κ2) is 9.75. The maximum atomic E-state index is 12.1. The molecule has 128 valence electrons. The summed E-state index contributed by atoms with van der Waals surface area (Å²) in [6.45, 7) is 4.75. The summed E-state index contributed by atoms with van der Waals surface area (Å²) in [4.78, 5) is 25.9. The number of carbonyl (C=O) groups excluding carboxylic acids is 2. The standard InChI is InChI=1S/C16H22ClN3O2.ClH/c1-2-7-18-8-9-19-16(22)12-10-15(21)20(11-12)14-6-4-3-5-13(14)17;/h3-6,12,18H,2,7-11H2,1H3,(H,19,22);1H. The lowest BCUT2D eigenvalue weighted by atomic mass is 10.1. The van der Waals surface area contributed by atoms with Gasteiger partial charge in [-0.15, -0.1) is 12.4 Å². The Morgan fingerprint density at radius 3 is 2.74 bits per heavy atom. The smallest absolute Gasteiger partial charge is 0.227 e. The van der Waals surface area contributed by atoms with Gasteiger partial charge in [-0.05, 0) is 25.1 Å². The quantitative estimate of drug-likeness (QED) is 0.733. The fraction of sp³-hybridized carbons (Fsp3) is 0.500. The van der Waals surface area contributed by atoms with Gasteiger partial charge in [-0.25, -0.2) is 0 Å². The predicted molar refractivity (Wildman–Crippen MR) is 95.3 cm³/mol. The molecule has 1 unspecified atom stereocenters. The molecule has 2 N–H and O–H groups in total. The number of benzene rings is 1. The largest absolute Gasteiger partial charge is 0.355 e. The van der Waals surface area contributed by atoms with Gasteiger partial charge in [0.25, 0.3) is 0 Å². The third-order valence-electron chi connectivity index (χ3n) is 3.67. The van der Waals surface area contributed by atoms with Crippen LogP contribution in [0.25, 0.3) is 0 Å². The first-order chi connectivity index (χ1) is 10.6. The van der Waals surface area contributed by atoms with Crippen molar-refractivity contribution < 1.29 is 9.59 Å². The predicted octanol–water partition coefficient (Wildman–Crippen LogP) is 2.23. The van der Waals surface area contributed by atoms with E-state index in [1.807, 2.05) is 12.1 Å². The Balaban J connectivity index is 0.00000264. The zero-order valence-corrected chi connectivity index (χ0v) is 14.8. The average molecular weight is 360 g/mol. The summed E-state index contributed by atoms with van der Waals surface area (Å²) in [5, 5.41) is 6.63. The molecule has 1 aliphatic heterocycles. The van der Waals surface area contributed by atoms with E-state index in [9.17, 15) is 9.59 Å². The highest BCUT2D eigenvalue weighted by molar-refractivity contribution is 6.33. The molecule has 0 bridgehead atoms. The van der Waals surface area contributed by atoms with E-state index in [1.54, 1.807) is 17.0 Å². The van der Waals surface area contributed by atoms with E-state index in [2.05, 4.69) is 17.6 Å². The van der Waals surface area contributed by atoms with Crippen molar-refractivity contribution in [2.24, 2.45) is 5.92 Å². The molecular formula is C16H23Cl2N3O2. The summed E-state index contributed by atoms with van der Waals surface area (Å²) < 4.78 is 0. The number of hydrogen-bond acceptors (Lipinski definition) is 3. The molecule has 2 amide bonds. The molecule has 1 fully saturated rings. The normalized spacial score (nSPS) is 17.0.